The van der Waals surface area contributed by atoms with Crippen LogP contribution in [0.2, 0.25) is 5.02 Å². The number of benzene rings is 2. The van der Waals surface area contributed by atoms with Gasteiger partial charge in [-0.15, -0.1) is 5.10 Å². The van der Waals surface area contributed by atoms with Gasteiger partial charge in [0.25, 0.3) is 5.56 Å². The summed E-state index contributed by atoms with van der Waals surface area (Å²) in [6.07, 6.45) is 4.56. The van der Waals surface area contributed by atoms with Crippen LogP contribution in [0.1, 0.15) is 55.8 Å². The van der Waals surface area contributed by atoms with Crippen LogP contribution >= 0.6 is 11.6 Å². The second-order valence-corrected chi connectivity index (χ2v) is 15.3. The van der Waals surface area contributed by atoms with Gasteiger partial charge in [0.05, 0.1) is 16.3 Å². The number of fused-ring (bicyclic) bond motifs is 1. The third kappa shape index (κ3) is 6.11. The van der Waals surface area contributed by atoms with Crippen molar-refractivity contribution >= 4 is 42.8 Å². The van der Waals surface area contributed by atoms with Crippen molar-refractivity contribution < 1.29 is 16.8 Å². The van der Waals surface area contributed by atoms with Gasteiger partial charge < -0.3 is 4.98 Å². The van der Waals surface area contributed by atoms with E-state index in [0.717, 1.165) is 31.2 Å². The number of halogens is 1. The van der Waals surface area contributed by atoms with Crippen LogP contribution in [0.15, 0.2) is 63.1 Å². The summed E-state index contributed by atoms with van der Waals surface area (Å²) in [7, 11) is -7.52. The lowest BCUT2D eigenvalue weighted by Gasteiger charge is -2.30. The quantitative estimate of drug-likeness (QED) is 0.321. The average molecular weight is 646 g/mol. The number of nitrogens with zero attached hydrogens (tertiary/aromatic N) is 6. The number of hydrogen-bond donors (Lipinski definition) is 1. The Morgan fingerprint density at radius 3 is 2.05 bits per heavy atom. The SMILES string of the molecule is O=c1[nH]c(C2CCN(S(=O)(=O)c3ccc(S(=O)(=O)N4CCCCCC4)cc3)CC2)nc2c1nnn2Cc1cccc(Cl)c1. The molecule has 2 aromatic heterocycles. The zero-order chi connectivity index (χ0) is 30.2. The molecule has 4 heterocycles. The zero-order valence-corrected chi connectivity index (χ0v) is 25.8. The van der Waals surface area contributed by atoms with E-state index in [-0.39, 0.29) is 34.3 Å². The zero-order valence-electron chi connectivity index (χ0n) is 23.4. The molecule has 0 amide bonds. The Labute approximate surface area is 254 Å². The molecule has 0 spiro atoms. The molecule has 43 heavy (non-hydrogen) atoms. The van der Waals surface area contributed by atoms with Gasteiger partial charge in [-0.05, 0) is 67.6 Å². The third-order valence-corrected chi connectivity index (χ3v) is 12.2. The van der Waals surface area contributed by atoms with E-state index in [1.165, 1.54) is 32.9 Å². The molecule has 0 aliphatic carbocycles. The van der Waals surface area contributed by atoms with E-state index < -0.39 is 25.6 Å². The number of rotatable bonds is 7. The Balaban J connectivity index is 1.16. The van der Waals surface area contributed by atoms with Crippen molar-refractivity contribution in [3.63, 3.8) is 0 Å². The molecule has 0 unspecified atom stereocenters. The summed E-state index contributed by atoms with van der Waals surface area (Å²) in [5.41, 5.74) is 0.965. The van der Waals surface area contributed by atoms with Gasteiger partial charge in [-0.1, -0.05) is 41.8 Å². The molecule has 0 atom stereocenters. The van der Waals surface area contributed by atoms with Crippen LogP contribution in [0.5, 0.6) is 0 Å². The van der Waals surface area contributed by atoms with Crippen molar-refractivity contribution in [3.05, 3.63) is 75.3 Å². The lowest BCUT2D eigenvalue weighted by molar-refractivity contribution is 0.313. The summed E-state index contributed by atoms with van der Waals surface area (Å²) in [6, 6.07) is 12.8. The maximum Gasteiger partial charge on any atom is 0.281 e. The summed E-state index contributed by atoms with van der Waals surface area (Å²) >= 11 is 6.11. The predicted octanol–water partition coefficient (Wildman–Crippen LogP) is 3.35. The fourth-order valence-corrected chi connectivity index (χ4v) is 8.92. The molecular weight excluding hydrogens is 614 g/mol. The fraction of sp³-hybridized carbons (Fsp3) is 0.429. The summed E-state index contributed by atoms with van der Waals surface area (Å²) in [6.45, 7) is 1.74. The number of H-pyrrole nitrogens is 1. The molecule has 2 saturated heterocycles. The molecule has 6 rings (SSSR count). The van der Waals surface area contributed by atoms with E-state index >= 15 is 0 Å². The van der Waals surface area contributed by atoms with Crippen molar-refractivity contribution in [2.75, 3.05) is 26.2 Å². The van der Waals surface area contributed by atoms with Gasteiger partial charge in [0.2, 0.25) is 20.0 Å². The first-order valence-corrected chi connectivity index (χ1v) is 17.6. The maximum atomic E-state index is 13.4. The van der Waals surface area contributed by atoms with Crippen LogP contribution < -0.4 is 5.56 Å². The highest BCUT2D eigenvalue weighted by Gasteiger charge is 2.32. The van der Waals surface area contributed by atoms with Gasteiger partial charge in [0.1, 0.15) is 5.82 Å². The number of aromatic nitrogens is 5. The first kappa shape index (κ1) is 29.9. The second-order valence-electron chi connectivity index (χ2n) is 11.0. The molecule has 15 heteroatoms. The second kappa shape index (κ2) is 12.1. The summed E-state index contributed by atoms with van der Waals surface area (Å²) in [5.74, 6) is 0.298. The average Bonchev–Trinajstić information content (AvgIpc) is 3.20. The first-order chi connectivity index (χ1) is 20.6. The lowest BCUT2D eigenvalue weighted by Crippen LogP contribution is -2.38. The molecule has 0 radical (unpaired) electrons. The normalized spacial score (nSPS) is 18.2. The minimum Gasteiger partial charge on any atom is -0.308 e. The molecular formula is C28H32ClN7O5S2. The fourth-order valence-electron chi connectivity index (χ4n) is 5.72. The predicted molar refractivity (Wildman–Crippen MR) is 161 cm³/mol. The number of aromatic amines is 1. The van der Waals surface area contributed by atoms with Gasteiger partial charge in [0.15, 0.2) is 11.2 Å². The Kier molecular flexibility index (Phi) is 8.39. The van der Waals surface area contributed by atoms with E-state index in [4.69, 9.17) is 11.6 Å². The number of piperidine rings is 1. The Hall–Kier alpha value is -3.17. The molecule has 2 aliphatic heterocycles. The molecule has 0 saturated carbocycles. The van der Waals surface area contributed by atoms with Gasteiger partial charge >= 0.3 is 0 Å². The standard InChI is InChI=1S/C28H32ClN7O5S2/c29-22-7-5-6-20(18-22)19-36-27-25(32-33-36)28(37)31-26(30-27)21-12-16-35(17-13-21)43(40,41)24-10-8-23(9-11-24)42(38,39)34-14-3-1-2-4-15-34/h5-11,18,21H,1-4,12-17,19H2,(H,30,31,37). The molecule has 0 bridgehead atoms. The molecule has 1 N–H and O–H groups in total. The summed E-state index contributed by atoms with van der Waals surface area (Å²) in [4.78, 5) is 20.4. The molecule has 2 fully saturated rings. The smallest absolute Gasteiger partial charge is 0.281 e. The van der Waals surface area contributed by atoms with Crippen LogP contribution in [-0.4, -0.2) is 76.6 Å². The minimum atomic E-state index is -3.84. The van der Waals surface area contributed by atoms with E-state index in [9.17, 15) is 21.6 Å². The van der Waals surface area contributed by atoms with Gasteiger partial charge in [0, 0.05) is 37.1 Å². The Bertz CT molecular complexity index is 1890. The third-order valence-electron chi connectivity index (χ3n) is 8.12. The highest BCUT2D eigenvalue weighted by Crippen LogP contribution is 2.30. The first-order valence-electron chi connectivity index (χ1n) is 14.3. The molecule has 4 aromatic rings. The summed E-state index contributed by atoms with van der Waals surface area (Å²) < 4.78 is 57.5. The van der Waals surface area contributed by atoms with Crippen LogP contribution in [0.3, 0.4) is 0 Å². The van der Waals surface area contributed by atoms with E-state index in [2.05, 4.69) is 20.3 Å². The van der Waals surface area contributed by atoms with Crippen molar-refractivity contribution in [1.82, 2.24) is 33.6 Å². The van der Waals surface area contributed by atoms with Crippen molar-refractivity contribution in [2.45, 2.75) is 60.8 Å². The van der Waals surface area contributed by atoms with E-state index in [0.29, 0.717) is 49.0 Å². The topological polar surface area (TPSA) is 151 Å². The van der Waals surface area contributed by atoms with Crippen LogP contribution in [0, 0.1) is 0 Å². The van der Waals surface area contributed by atoms with Crippen molar-refractivity contribution in [3.8, 4) is 0 Å². The molecule has 228 valence electrons. The number of nitrogens with one attached hydrogen (secondary N) is 1. The van der Waals surface area contributed by atoms with E-state index in [1.54, 1.807) is 10.7 Å². The van der Waals surface area contributed by atoms with Gasteiger partial charge in [-0.3, -0.25) is 4.79 Å². The van der Waals surface area contributed by atoms with Gasteiger partial charge in [-0.25, -0.2) is 26.5 Å². The monoisotopic (exact) mass is 645 g/mol. The minimum absolute atomic E-state index is 0.0460. The maximum absolute atomic E-state index is 13.4. The molecule has 2 aliphatic rings. The Morgan fingerprint density at radius 1 is 0.837 bits per heavy atom. The molecule has 12 nitrogen and oxygen atoms in total. The van der Waals surface area contributed by atoms with Crippen LogP contribution in [-0.2, 0) is 26.6 Å². The van der Waals surface area contributed by atoms with E-state index in [1.807, 2.05) is 18.2 Å². The van der Waals surface area contributed by atoms with Crippen LogP contribution in [0.25, 0.3) is 11.2 Å². The largest absolute Gasteiger partial charge is 0.308 e. The Morgan fingerprint density at radius 2 is 1.44 bits per heavy atom. The van der Waals surface area contributed by atoms with Gasteiger partial charge in [-0.2, -0.15) is 8.61 Å². The van der Waals surface area contributed by atoms with Crippen molar-refractivity contribution in [1.29, 1.82) is 0 Å². The number of hydrogen-bond acceptors (Lipinski definition) is 8. The highest BCUT2D eigenvalue weighted by molar-refractivity contribution is 7.89. The molecule has 2 aromatic carbocycles. The highest BCUT2D eigenvalue weighted by atomic mass is 35.5. The van der Waals surface area contributed by atoms with Crippen LogP contribution in [0.4, 0.5) is 0 Å². The summed E-state index contributed by atoms with van der Waals surface area (Å²) in [5, 5.41) is 8.70. The number of sulfonamides is 2. The van der Waals surface area contributed by atoms with Crippen molar-refractivity contribution in [2.24, 2.45) is 0 Å². The lowest BCUT2D eigenvalue weighted by atomic mass is 9.97.